The molecule has 0 amide bonds. The number of anilines is 3. The number of hydrogen-bond donors (Lipinski definition) is 3. The molecule has 0 bridgehead atoms. The molecule has 0 saturated carbocycles. The molecule has 4 nitrogen and oxygen atoms in total. The molecule has 0 aliphatic rings. The van der Waals surface area contributed by atoms with Crippen LogP contribution in [0.15, 0.2) is 42.5 Å². The Morgan fingerprint density at radius 2 is 1.72 bits per heavy atom. The summed E-state index contributed by atoms with van der Waals surface area (Å²) >= 11 is 0. The average molecular weight is 238 g/mol. The van der Waals surface area contributed by atoms with Gasteiger partial charge in [-0.2, -0.15) is 5.26 Å². The van der Waals surface area contributed by atoms with Crippen LogP contribution in [0.2, 0.25) is 0 Å². The van der Waals surface area contributed by atoms with Crippen molar-refractivity contribution in [2.45, 2.75) is 6.54 Å². The molecule has 5 N–H and O–H groups in total. The lowest BCUT2D eigenvalue weighted by Crippen LogP contribution is -2.01. The number of nitrogens with one attached hydrogen (secondary N) is 1. The number of nitrogens with two attached hydrogens (primary N) is 2. The zero-order chi connectivity index (χ0) is 13.0. The molecule has 0 atom stereocenters. The third-order valence-electron chi connectivity index (χ3n) is 2.67. The summed E-state index contributed by atoms with van der Waals surface area (Å²) in [6.07, 6.45) is 0. The van der Waals surface area contributed by atoms with Gasteiger partial charge < -0.3 is 16.8 Å². The lowest BCUT2D eigenvalue weighted by molar-refractivity contribution is 1.15. The molecule has 0 radical (unpaired) electrons. The number of nitrogens with zero attached hydrogens (tertiary/aromatic N) is 1. The topological polar surface area (TPSA) is 87.9 Å². The largest absolute Gasteiger partial charge is 0.397 e. The summed E-state index contributed by atoms with van der Waals surface area (Å²) in [6, 6.07) is 15.0. The van der Waals surface area contributed by atoms with E-state index in [1.54, 1.807) is 24.3 Å². The molecule has 2 aromatic carbocycles. The third-order valence-corrected chi connectivity index (χ3v) is 2.67. The lowest BCUT2D eigenvalue weighted by Gasteiger charge is -2.08. The van der Waals surface area contributed by atoms with Gasteiger partial charge in [-0.25, -0.2) is 0 Å². The highest BCUT2D eigenvalue weighted by Crippen LogP contribution is 2.20. The van der Waals surface area contributed by atoms with E-state index in [4.69, 9.17) is 16.7 Å². The monoisotopic (exact) mass is 238 g/mol. The summed E-state index contributed by atoms with van der Waals surface area (Å²) in [6.45, 7) is 0.676. The SMILES string of the molecule is N#Cc1ccc(CNc2ccc(N)c(N)c2)cc1. The Labute approximate surface area is 106 Å². The Kier molecular flexibility index (Phi) is 3.35. The first-order valence-corrected chi connectivity index (χ1v) is 5.57. The van der Waals surface area contributed by atoms with Crippen LogP contribution in [0.4, 0.5) is 17.1 Å². The summed E-state index contributed by atoms with van der Waals surface area (Å²) in [5.41, 5.74) is 15.2. The van der Waals surface area contributed by atoms with Crippen molar-refractivity contribution in [2.75, 3.05) is 16.8 Å². The normalized spacial score (nSPS) is 9.72. The Morgan fingerprint density at radius 1 is 1.00 bits per heavy atom. The van der Waals surface area contributed by atoms with Gasteiger partial charge in [0.05, 0.1) is 23.0 Å². The molecule has 2 aromatic rings. The maximum atomic E-state index is 8.70. The van der Waals surface area contributed by atoms with E-state index in [-0.39, 0.29) is 0 Å². The molecule has 0 spiro atoms. The number of benzene rings is 2. The molecule has 0 saturated heterocycles. The molecule has 0 unspecified atom stereocenters. The number of hydrogen-bond acceptors (Lipinski definition) is 4. The van der Waals surface area contributed by atoms with Crippen molar-refractivity contribution in [2.24, 2.45) is 0 Å². The number of nitriles is 1. The van der Waals surface area contributed by atoms with E-state index in [0.29, 0.717) is 23.5 Å². The average Bonchev–Trinajstić information content (AvgIpc) is 2.41. The second-order valence-electron chi connectivity index (χ2n) is 4.01. The quantitative estimate of drug-likeness (QED) is 0.716. The van der Waals surface area contributed by atoms with Gasteiger partial charge in [0.25, 0.3) is 0 Å². The van der Waals surface area contributed by atoms with Crippen LogP contribution >= 0.6 is 0 Å². The molecular weight excluding hydrogens is 224 g/mol. The van der Waals surface area contributed by atoms with Gasteiger partial charge in [-0.3, -0.25) is 0 Å². The van der Waals surface area contributed by atoms with Crippen molar-refractivity contribution in [3.05, 3.63) is 53.6 Å². The molecule has 90 valence electrons. The second kappa shape index (κ2) is 5.11. The fraction of sp³-hybridized carbons (Fsp3) is 0.0714. The molecule has 2 rings (SSSR count). The first-order valence-electron chi connectivity index (χ1n) is 5.57. The van der Waals surface area contributed by atoms with Crippen molar-refractivity contribution in [3.8, 4) is 6.07 Å². The third kappa shape index (κ3) is 2.71. The van der Waals surface area contributed by atoms with Crippen molar-refractivity contribution in [1.29, 1.82) is 5.26 Å². The second-order valence-corrected chi connectivity index (χ2v) is 4.01. The zero-order valence-corrected chi connectivity index (χ0v) is 9.85. The van der Waals surface area contributed by atoms with E-state index in [2.05, 4.69) is 11.4 Å². The van der Waals surface area contributed by atoms with Gasteiger partial charge in [0.15, 0.2) is 0 Å². The minimum atomic E-state index is 0.569. The number of nitrogen functional groups attached to an aromatic ring is 2. The van der Waals surface area contributed by atoms with Crippen molar-refractivity contribution in [3.63, 3.8) is 0 Å². The van der Waals surface area contributed by atoms with Gasteiger partial charge in [-0.15, -0.1) is 0 Å². The van der Waals surface area contributed by atoms with E-state index in [9.17, 15) is 0 Å². The van der Waals surface area contributed by atoms with Gasteiger partial charge in [-0.05, 0) is 35.9 Å². The van der Waals surface area contributed by atoms with Crippen molar-refractivity contribution >= 4 is 17.1 Å². The van der Waals surface area contributed by atoms with Gasteiger partial charge >= 0.3 is 0 Å². The van der Waals surface area contributed by atoms with E-state index >= 15 is 0 Å². The van der Waals surface area contributed by atoms with Crippen LogP contribution < -0.4 is 16.8 Å². The van der Waals surface area contributed by atoms with Crippen molar-refractivity contribution in [1.82, 2.24) is 0 Å². The predicted molar refractivity (Wildman–Crippen MR) is 73.8 cm³/mol. The predicted octanol–water partition coefficient (Wildman–Crippen LogP) is 2.33. The molecule has 0 aromatic heterocycles. The van der Waals surface area contributed by atoms with Gasteiger partial charge in [0.2, 0.25) is 0 Å². The summed E-state index contributed by atoms with van der Waals surface area (Å²) < 4.78 is 0. The first kappa shape index (κ1) is 11.8. The molecule has 18 heavy (non-hydrogen) atoms. The summed E-state index contributed by atoms with van der Waals surface area (Å²) in [7, 11) is 0. The van der Waals surface area contributed by atoms with Crippen LogP contribution in [0.3, 0.4) is 0 Å². The highest BCUT2D eigenvalue weighted by molar-refractivity contribution is 5.69. The number of rotatable bonds is 3. The Hall–Kier alpha value is -2.67. The van der Waals surface area contributed by atoms with Crippen LogP contribution in [-0.2, 0) is 6.54 Å². The van der Waals surface area contributed by atoms with Gasteiger partial charge in [0.1, 0.15) is 0 Å². The van der Waals surface area contributed by atoms with Crippen molar-refractivity contribution < 1.29 is 0 Å². The smallest absolute Gasteiger partial charge is 0.0991 e. The summed E-state index contributed by atoms with van der Waals surface area (Å²) in [5, 5.41) is 11.9. The van der Waals surface area contributed by atoms with Gasteiger partial charge in [0, 0.05) is 12.2 Å². The standard InChI is InChI=1S/C14H14N4/c15-8-10-1-3-11(4-2-10)9-18-12-5-6-13(16)14(17)7-12/h1-7,18H,9,16-17H2. The van der Waals surface area contributed by atoms with E-state index < -0.39 is 0 Å². The molecule has 4 heteroatoms. The van der Waals surface area contributed by atoms with Crippen LogP contribution in [0.25, 0.3) is 0 Å². The molecule has 0 fully saturated rings. The zero-order valence-electron chi connectivity index (χ0n) is 9.85. The molecular formula is C14H14N4. The van der Waals surface area contributed by atoms with E-state index in [1.165, 1.54) is 0 Å². The fourth-order valence-electron chi connectivity index (χ4n) is 1.59. The minimum Gasteiger partial charge on any atom is -0.397 e. The maximum Gasteiger partial charge on any atom is 0.0991 e. The highest BCUT2D eigenvalue weighted by Gasteiger charge is 1.98. The van der Waals surface area contributed by atoms with Crippen LogP contribution in [0, 0.1) is 11.3 Å². The van der Waals surface area contributed by atoms with Crippen LogP contribution in [0.1, 0.15) is 11.1 Å². The van der Waals surface area contributed by atoms with Gasteiger partial charge in [-0.1, -0.05) is 12.1 Å². The summed E-state index contributed by atoms with van der Waals surface area (Å²) in [4.78, 5) is 0. The lowest BCUT2D eigenvalue weighted by atomic mass is 10.1. The molecule has 0 heterocycles. The molecule has 0 aliphatic carbocycles. The maximum absolute atomic E-state index is 8.70. The Bertz CT molecular complexity index is 582. The van der Waals surface area contributed by atoms with Crippen LogP contribution in [-0.4, -0.2) is 0 Å². The minimum absolute atomic E-state index is 0.569. The Morgan fingerprint density at radius 3 is 2.33 bits per heavy atom. The van der Waals surface area contributed by atoms with Crippen LogP contribution in [0.5, 0.6) is 0 Å². The molecule has 0 aliphatic heterocycles. The van der Waals surface area contributed by atoms with E-state index in [1.807, 2.05) is 18.2 Å². The van der Waals surface area contributed by atoms with E-state index in [0.717, 1.165) is 11.3 Å². The first-order chi connectivity index (χ1) is 8.69. The summed E-state index contributed by atoms with van der Waals surface area (Å²) in [5.74, 6) is 0. The fourth-order valence-corrected chi connectivity index (χ4v) is 1.59. The highest BCUT2D eigenvalue weighted by atomic mass is 14.9. The Balaban J connectivity index is 2.02.